The number of carbonyl (C=O) groups is 1. The summed E-state index contributed by atoms with van der Waals surface area (Å²) in [6.45, 7) is 1.01. The van der Waals surface area contributed by atoms with Crippen molar-refractivity contribution in [2.24, 2.45) is 0 Å². The summed E-state index contributed by atoms with van der Waals surface area (Å²) in [5.41, 5.74) is -0.0323. The van der Waals surface area contributed by atoms with Gasteiger partial charge in [0, 0.05) is 36.0 Å². The van der Waals surface area contributed by atoms with Gasteiger partial charge >= 0.3 is 0 Å². The Kier molecular flexibility index (Phi) is 7.23. The molecular weight excluding hydrogens is 361 g/mol. The zero-order valence-electron chi connectivity index (χ0n) is 11.2. The van der Waals surface area contributed by atoms with E-state index in [4.69, 9.17) is 38.6 Å². The Labute approximate surface area is 137 Å². The van der Waals surface area contributed by atoms with Crippen LogP contribution in [0.25, 0.3) is 0 Å². The van der Waals surface area contributed by atoms with Crippen molar-refractivity contribution in [2.75, 3.05) is 20.3 Å². The van der Waals surface area contributed by atoms with E-state index in [0.29, 0.717) is 13.2 Å². The number of benzene rings is 1. The molecule has 0 aliphatic heterocycles. The minimum Gasteiger partial charge on any atom is -0.385 e. The van der Waals surface area contributed by atoms with Gasteiger partial charge in [-0.3, -0.25) is 4.79 Å². The number of carbonyl (C=O) groups excluding carboxylic acids is 1. The molecule has 1 aromatic carbocycles. The molecule has 118 valence electrons. The maximum absolute atomic E-state index is 12.0. The molecule has 5 nitrogen and oxygen atoms in total. The molecule has 0 heterocycles. The molecule has 21 heavy (non-hydrogen) atoms. The highest BCUT2D eigenvalue weighted by Crippen LogP contribution is 2.31. The second-order valence-corrected chi connectivity index (χ2v) is 7.51. The van der Waals surface area contributed by atoms with Crippen LogP contribution in [0.3, 0.4) is 0 Å². The maximum atomic E-state index is 12.0. The second-order valence-electron chi connectivity index (χ2n) is 4.16. The zero-order valence-corrected chi connectivity index (χ0v) is 14.2. The molecule has 0 saturated heterocycles. The molecule has 9 heteroatoms. The van der Waals surface area contributed by atoms with Gasteiger partial charge in [0.1, 0.15) is 4.90 Å². The fourth-order valence-electron chi connectivity index (χ4n) is 1.58. The predicted molar refractivity (Wildman–Crippen MR) is 82.9 cm³/mol. The van der Waals surface area contributed by atoms with Crippen LogP contribution in [0, 0.1) is 0 Å². The Hall–Kier alpha value is -0.530. The summed E-state index contributed by atoms with van der Waals surface area (Å²) in [6, 6.07) is 2.39. The highest BCUT2D eigenvalue weighted by atomic mass is 35.7. The van der Waals surface area contributed by atoms with Gasteiger partial charge in [-0.2, -0.15) is 0 Å². The minimum absolute atomic E-state index is 0.0323. The van der Waals surface area contributed by atoms with Crippen LogP contribution in [0.15, 0.2) is 17.0 Å². The van der Waals surface area contributed by atoms with Crippen LogP contribution < -0.4 is 5.32 Å². The minimum atomic E-state index is -4.09. The molecule has 0 bridgehead atoms. The molecule has 0 saturated carbocycles. The molecule has 0 spiro atoms. The van der Waals surface area contributed by atoms with E-state index >= 15 is 0 Å². The number of nitrogens with one attached hydrogen (secondary N) is 1. The van der Waals surface area contributed by atoms with Crippen molar-refractivity contribution in [3.8, 4) is 0 Å². The molecule has 0 aromatic heterocycles. The Balaban J connectivity index is 2.88. The number of ether oxygens (including phenoxy) is 1. The van der Waals surface area contributed by atoms with Crippen LogP contribution in [0.2, 0.25) is 10.0 Å². The van der Waals surface area contributed by atoms with Gasteiger partial charge in [-0.1, -0.05) is 23.2 Å². The molecule has 0 radical (unpaired) electrons. The van der Waals surface area contributed by atoms with Crippen molar-refractivity contribution >= 4 is 48.8 Å². The standard InChI is InChI=1S/C12H14Cl3NO4S/c1-20-5-3-2-4-16-12(17)9-6-8(13)7-10(11(9)14)21(15,18)19/h6-7H,2-5H2,1H3,(H,16,17). The van der Waals surface area contributed by atoms with Crippen molar-refractivity contribution in [3.63, 3.8) is 0 Å². The van der Waals surface area contributed by atoms with Crippen molar-refractivity contribution in [3.05, 3.63) is 27.7 Å². The number of methoxy groups -OCH3 is 1. The topological polar surface area (TPSA) is 72.5 Å². The lowest BCUT2D eigenvalue weighted by Crippen LogP contribution is -2.25. The van der Waals surface area contributed by atoms with Gasteiger partial charge in [0.2, 0.25) is 0 Å². The summed E-state index contributed by atoms with van der Waals surface area (Å²) >= 11 is 11.7. The number of unbranched alkanes of at least 4 members (excludes halogenated alkanes) is 1. The van der Waals surface area contributed by atoms with Crippen LogP contribution in [-0.2, 0) is 13.8 Å². The van der Waals surface area contributed by atoms with Gasteiger partial charge in [-0.15, -0.1) is 0 Å². The number of rotatable bonds is 7. The van der Waals surface area contributed by atoms with E-state index in [1.54, 1.807) is 7.11 Å². The lowest BCUT2D eigenvalue weighted by Gasteiger charge is -2.09. The second kappa shape index (κ2) is 8.19. The van der Waals surface area contributed by atoms with E-state index in [2.05, 4.69) is 5.32 Å². The van der Waals surface area contributed by atoms with Crippen molar-refractivity contribution in [1.82, 2.24) is 5.32 Å². The molecule has 0 fully saturated rings. The summed E-state index contributed by atoms with van der Waals surface area (Å²) in [4.78, 5) is 11.6. The smallest absolute Gasteiger partial charge is 0.262 e. The summed E-state index contributed by atoms with van der Waals surface area (Å²) in [5.74, 6) is -0.513. The van der Waals surface area contributed by atoms with Crippen LogP contribution in [0.1, 0.15) is 23.2 Å². The van der Waals surface area contributed by atoms with E-state index < -0.39 is 15.0 Å². The van der Waals surface area contributed by atoms with Crippen molar-refractivity contribution < 1.29 is 17.9 Å². The van der Waals surface area contributed by atoms with Gasteiger partial charge in [0.05, 0.1) is 10.6 Å². The van der Waals surface area contributed by atoms with Crippen molar-refractivity contribution in [1.29, 1.82) is 0 Å². The van der Waals surface area contributed by atoms with E-state index in [9.17, 15) is 13.2 Å². The van der Waals surface area contributed by atoms with Crippen LogP contribution in [-0.4, -0.2) is 34.6 Å². The summed E-state index contributed by atoms with van der Waals surface area (Å²) in [7, 11) is 2.77. The number of halogens is 3. The lowest BCUT2D eigenvalue weighted by molar-refractivity contribution is 0.0951. The first-order valence-corrected chi connectivity index (χ1v) is 9.04. The quantitative estimate of drug-likeness (QED) is 0.588. The SMILES string of the molecule is COCCCCNC(=O)c1cc(Cl)cc(S(=O)(=O)Cl)c1Cl. The Morgan fingerprint density at radius 1 is 1.29 bits per heavy atom. The lowest BCUT2D eigenvalue weighted by atomic mass is 10.2. The summed E-state index contributed by atoms with van der Waals surface area (Å²) in [5, 5.41) is 2.44. The average Bonchev–Trinajstić information content (AvgIpc) is 2.39. The largest absolute Gasteiger partial charge is 0.385 e. The molecule has 0 aliphatic rings. The van der Waals surface area contributed by atoms with Gasteiger partial charge < -0.3 is 10.1 Å². The van der Waals surface area contributed by atoms with Crippen LogP contribution in [0.5, 0.6) is 0 Å². The van der Waals surface area contributed by atoms with Gasteiger partial charge in [-0.25, -0.2) is 8.42 Å². The summed E-state index contributed by atoms with van der Waals surface area (Å²) in [6.07, 6.45) is 1.51. The average molecular weight is 375 g/mol. The summed E-state index contributed by atoms with van der Waals surface area (Å²) < 4.78 is 27.7. The molecule has 1 amide bonds. The molecule has 1 rings (SSSR count). The van der Waals surface area contributed by atoms with E-state index in [0.717, 1.165) is 18.9 Å². The monoisotopic (exact) mass is 373 g/mol. The third kappa shape index (κ3) is 5.64. The Morgan fingerprint density at radius 3 is 2.52 bits per heavy atom. The third-order valence-corrected chi connectivity index (χ3v) is 4.66. The normalized spacial score (nSPS) is 11.4. The molecule has 1 aromatic rings. The first-order chi connectivity index (χ1) is 9.77. The highest BCUT2D eigenvalue weighted by molar-refractivity contribution is 8.13. The number of hydrogen-bond donors (Lipinski definition) is 1. The zero-order chi connectivity index (χ0) is 16.0. The van der Waals surface area contributed by atoms with E-state index in [1.165, 1.54) is 6.07 Å². The molecule has 0 atom stereocenters. The fourth-order valence-corrected chi connectivity index (χ4v) is 3.43. The third-order valence-electron chi connectivity index (χ3n) is 2.57. The van der Waals surface area contributed by atoms with E-state index in [-0.39, 0.29) is 20.5 Å². The van der Waals surface area contributed by atoms with Gasteiger partial charge in [-0.05, 0) is 25.0 Å². The molecule has 0 unspecified atom stereocenters. The van der Waals surface area contributed by atoms with Crippen LogP contribution in [0.4, 0.5) is 0 Å². The maximum Gasteiger partial charge on any atom is 0.262 e. The van der Waals surface area contributed by atoms with Gasteiger partial charge in [0.15, 0.2) is 0 Å². The van der Waals surface area contributed by atoms with Gasteiger partial charge in [0.25, 0.3) is 15.0 Å². The van der Waals surface area contributed by atoms with Crippen molar-refractivity contribution in [2.45, 2.75) is 17.7 Å². The molecule has 1 N–H and O–H groups in total. The Bertz CT molecular complexity index is 619. The Morgan fingerprint density at radius 2 is 1.95 bits per heavy atom. The molecule has 0 aliphatic carbocycles. The first-order valence-electron chi connectivity index (χ1n) is 5.98. The fraction of sp³-hybridized carbons (Fsp3) is 0.417. The molecular formula is C12H14Cl3NO4S. The number of amides is 1. The van der Waals surface area contributed by atoms with E-state index in [1.807, 2.05) is 0 Å². The van der Waals surface area contributed by atoms with Crippen LogP contribution >= 0.6 is 33.9 Å². The number of hydrogen-bond acceptors (Lipinski definition) is 4. The predicted octanol–water partition coefficient (Wildman–Crippen LogP) is 3.08. The highest BCUT2D eigenvalue weighted by Gasteiger charge is 2.22. The first kappa shape index (κ1) is 18.5.